The van der Waals surface area contributed by atoms with E-state index in [0.29, 0.717) is 11.7 Å². The smallest absolute Gasteiger partial charge is 0.149 e. The van der Waals surface area contributed by atoms with Crippen LogP contribution in [-0.4, -0.2) is 21.5 Å². The number of anilines is 1. The zero-order chi connectivity index (χ0) is 12.1. The Hall–Kier alpha value is -1.68. The monoisotopic (exact) mass is 248 g/mol. The number of hydrogen-bond acceptors (Lipinski definition) is 4. The molecule has 2 aromatic heterocycles. The second-order valence-corrected chi connectivity index (χ2v) is 3.92. The zero-order valence-corrected chi connectivity index (χ0v) is 10.3. The van der Waals surface area contributed by atoms with E-state index in [1.807, 2.05) is 18.2 Å². The summed E-state index contributed by atoms with van der Waals surface area (Å²) in [6.45, 7) is 3.59. The molecule has 0 N–H and O–H groups in total. The fourth-order valence-corrected chi connectivity index (χ4v) is 1.67. The van der Waals surface area contributed by atoms with Crippen molar-refractivity contribution < 1.29 is 0 Å². The standard InChI is InChI=1S/C12H13ClN4/c1-2-17(9-10-5-3-4-6-15-10)12-8-14-7-11(13)16-12/h3-8H,2,9H2,1H3. The topological polar surface area (TPSA) is 41.9 Å². The van der Waals surface area contributed by atoms with Crippen molar-refractivity contribution in [3.63, 3.8) is 0 Å². The van der Waals surface area contributed by atoms with Gasteiger partial charge in [0.15, 0.2) is 0 Å². The van der Waals surface area contributed by atoms with E-state index in [2.05, 4.69) is 26.8 Å². The number of pyridine rings is 1. The summed E-state index contributed by atoms with van der Waals surface area (Å²) < 4.78 is 0. The first-order valence-electron chi connectivity index (χ1n) is 5.42. The maximum Gasteiger partial charge on any atom is 0.149 e. The lowest BCUT2D eigenvalue weighted by Gasteiger charge is -2.20. The van der Waals surface area contributed by atoms with Gasteiger partial charge in [0.2, 0.25) is 0 Å². The van der Waals surface area contributed by atoms with Gasteiger partial charge in [0.25, 0.3) is 0 Å². The van der Waals surface area contributed by atoms with Gasteiger partial charge in [0.1, 0.15) is 11.0 Å². The van der Waals surface area contributed by atoms with Gasteiger partial charge in [-0.15, -0.1) is 0 Å². The quantitative estimate of drug-likeness (QED) is 0.834. The minimum Gasteiger partial charge on any atom is -0.350 e. The highest BCUT2D eigenvalue weighted by atomic mass is 35.5. The van der Waals surface area contributed by atoms with E-state index in [4.69, 9.17) is 11.6 Å². The fraction of sp³-hybridized carbons (Fsp3) is 0.250. The third-order valence-electron chi connectivity index (χ3n) is 2.38. The van der Waals surface area contributed by atoms with E-state index in [0.717, 1.165) is 18.1 Å². The second kappa shape index (κ2) is 5.59. The molecule has 0 atom stereocenters. The Labute approximate surface area is 105 Å². The summed E-state index contributed by atoms with van der Waals surface area (Å²) >= 11 is 5.83. The van der Waals surface area contributed by atoms with Crippen LogP contribution in [0.1, 0.15) is 12.6 Å². The summed E-state index contributed by atoms with van der Waals surface area (Å²) in [6, 6.07) is 5.86. The first-order valence-corrected chi connectivity index (χ1v) is 5.80. The van der Waals surface area contributed by atoms with Gasteiger partial charge in [0, 0.05) is 12.7 Å². The van der Waals surface area contributed by atoms with Crippen LogP contribution in [0.5, 0.6) is 0 Å². The molecular formula is C12H13ClN4. The Morgan fingerprint density at radius 2 is 2.18 bits per heavy atom. The minimum absolute atomic E-state index is 0.405. The number of halogens is 1. The summed E-state index contributed by atoms with van der Waals surface area (Å²) in [4.78, 5) is 14.6. The van der Waals surface area contributed by atoms with Crippen LogP contribution in [0.25, 0.3) is 0 Å². The molecule has 0 amide bonds. The molecule has 2 aromatic rings. The molecule has 17 heavy (non-hydrogen) atoms. The van der Waals surface area contributed by atoms with Gasteiger partial charge in [-0.25, -0.2) is 4.98 Å². The number of nitrogens with zero attached hydrogens (tertiary/aromatic N) is 4. The van der Waals surface area contributed by atoms with E-state index in [1.54, 1.807) is 12.4 Å². The maximum absolute atomic E-state index is 5.83. The lowest BCUT2D eigenvalue weighted by molar-refractivity contribution is 0.790. The third-order valence-corrected chi connectivity index (χ3v) is 2.56. The molecule has 0 fully saturated rings. The van der Waals surface area contributed by atoms with E-state index in [-0.39, 0.29) is 0 Å². The number of rotatable bonds is 4. The van der Waals surface area contributed by atoms with Gasteiger partial charge in [-0.1, -0.05) is 17.7 Å². The molecule has 88 valence electrons. The van der Waals surface area contributed by atoms with Gasteiger partial charge in [0.05, 0.1) is 24.6 Å². The van der Waals surface area contributed by atoms with Gasteiger partial charge in [-0.05, 0) is 19.1 Å². The zero-order valence-electron chi connectivity index (χ0n) is 9.55. The first kappa shape index (κ1) is 11.8. The van der Waals surface area contributed by atoms with E-state index in [1.165, 1.54) is 6.20 Å². The van der Waals surface area contributed by atoms with Crippen molar-refractivity contribution in [2.75, 3.05) is 11.4 Å². The molecule has 0 spiro atoms. The Kier molecular flexibility index (Phi) is 3.88. The van der Waals surface area contributed by atoms with Gasteiger partial charge >= 0.3 is 0 Å². The molecular weight excluding hydrogens is 236 g/mol. The average Bonchev–Trinajstić information content (AvgIpc) is 2.37. The molecule has 0 aliphatic heterocycles. The lowest BCUT2D eigenvalue weighted by atomic mass is 10.3. The lowest BCUT2D eigenvalue weighted by Crippen LogP contribution is -2.23. The summed E-state index contributed by atoms with van der Waals surface area (Å²) in [7, 11) is 0. The highest BCUT2D eigenvalue weighted by Crippen LogP contribution is 2.14. The van der Waals surface area contributed by atoms with Crippen LogP contribution < -0.4 is 4.90 Å². The predicted octanol–water partition coefficient (Wildman–Crippen LogP) is 2.55. The molecule has 0 unspecified atom stereocenters. The second-order valence-electron chi connectivity index (χ2n) is 3.54. The predicted molar refractivity (Wildman–Crippen MR) is 68.0 cm³/mol. The number of hydrogen-bond donors (Lipinski definition) is 0. The van der Waals surface area contributed by atoms with Crippen molar-refractivity contribution in [2.45, 2.75) is 13.5 Å². The molecule has 0 bridgehead atoms. The van der Waals surface area contributed by atoms with Gasteiger partial charge in [-0.2, -0.15) is 0 Å². The largest absolute Gasteiger partial charge is 0.350 e. The molecule has 0 saturated carbocycles. The van der Waals surface area contributed by atoms with Gasteiger partial charge < -0.3 is 4.90 Å². The Balaban J connectivity index is 2.17. The normalized spacial score (nSPS) is 10.2. The van der Waals surface area contributed by atoms with Crippen LogP contribution in [0.15, 0.2) is 36.8 Å². The molecule has 0 aliphatic rings. The van der Waals surface area contributed by atoms with E-state index in [9.17, 15) is 0 Å². The van der Waals surface area contributed by atoms with Crippen LogP contribution in [0.3, 0.4) is 0 Å². The van der Waals surface area contributed by atoms with Crippen LogP contribution >= 0.6 is 11.6 Å². The Bertz CT molecular complexity index is 475. The van der Waals surface area contributed by atoms with E-state index < -0.39 is 0 Å². The minimum atomic E-state index is 0.405. The summed E-state index contributed by atoms with van der Waals surface area (Å²) in [5, 5.41) is 0.405. The molecule has 0 aromatic carbocycles. The van der Waals surface area contributed by atoms with Gasteiger partial charge in [-0.3, -0.25) is 9.97 Å². The SMILES string of the molecule is CCN(Cc1ccccn1)c1cncc(Cl)n1. The van der Waals surface area contributed by atoms with Crippen molar-refractivity contribution in [2.24, 2.45) is 0 Å². The fourth-order valence-electron chi connectivity index (χ4n) is 1.53. The van der Waals surface area contributed by atoms with Crippen molar-refractivity contribution in [1.29, 1.82) is 0 Å². The highest BCUT2D eigenvalue weighted by Gasteiger charge is 2.08. The molecule has 5 heteroatoms. The maximum atomic E-state index is 5.83. The van der Waals surface area contributed by atoms with Crippen molar-refractivity contribution in [3.05, 3.63) is 47.6 Å². The summed E-state index contributed by atoms with van der Waals surface area (Å²) in [5.41, 5.74) is 0.996. The molecule has 0 aliphatic carbocycles. The summed E-state index contributed by atoms with van der Waals surface area (Å²) in [6.07, 6.45) is 5.02. The van der Waals surface area contributed by atoms with Crippen molar-refractivity contribution >= 4 is 17.4 Å². The highest BCUT2D eigenvalue weighted by molar-refractivity contribution is 6.29. The molecule has 2 heterocycles. The summed E-state index contributed by atoms with van der Waals surface area (Å²) in [5.74, 6) is 0.769. The molecule has 0 saturated heterocycles. The van der Waals surface area contributed by atoms with Crippen molar-refractivity contribution in [3.8, 4) is 0 Å². The van der Waals surface area contributed by atoms with Crippen LogP contribution in [-0.2, 0) is 6.54 Å². The molecule has 4 nitrogen and oxygen atoms in total. The van der Waals surface area contributed by atoms with Crippen molar-refractivity contribution in [1.82, 2.24) is 15.0 Å². The van der Waals surface area contributed by atoms with Crippen LogP contribution in [0.2, 0.25) is 5.15 Å². The molecule has 0 radical (unpaired) electrons. The number of aromatic nitrogens is 3. The van der Waals surface area contributed by atoms with E-state index >= 15 is 0 Å². The average molecular weight is 249 g/mol. The Morgan fingerprint density at radius 3 is 2.82 bits per heavy atom. The van der Waals surface area contributed by atoms with Crippen LogP contribution in [0.4, 0.5) is 5.82 Å². The third kappa shape index (κ3) is 3.14. The van der Waals surface area contributed by atoms with Crippen LogP contribution in [0, 0.1) is 0 Å². The Morgan fingerprint density at radius 1 is 1.29 bits per heavy atom. The first-order chi connectivity index (χ1) is 8.29. The molecule has 2 rings (SSSR count).